The number of urea groups is 1. The summed E-state index contributed by atoms with van der Waals surface area (Å²) < 4.78 is 13.2. The Morgan fingerprint density at radius 1 is 1.19 bits per heavy atom. The van der Waals surface area contributed by atoms with Crippen LogP contribution in [0.25, 0.3) is 0 Å². The Hall–Kier alpha value is -3.22. The van der Waals surface area contributed by atoms with Crippen LogP contribution in [0, 0.1) is 5.82 Å². The van der Waals surface area contributed by atoms with Crippen molar-refractivity contribution in [1.29, 1.82) is 0 Å². The molecule has 3 rings (SSSR count). The Balaban J connectivity index is 1.58. The van der Waals surface area contributed by atoms with Crippen molar-refractivity contribution < 1.29 is 18.8 Å². The van der Waals surface area contributed by atoms with Gasteiger partial charge in [-0.05, 0) is 37.1 Å². The predicted molar refractivity (Wildman–Crippen MR) is 98.3 cm³/mol. The van der Waals surface area contributed by atoms with Crippen LogP contribution < -0.4 is 10.6 Å². The Kier molecular flexibility index (Phi) is 5.49. The number of carbonyl (C=O) groups excluding carboxylic acids is 3. The van der Waals surface area contributed by atoms with Crippen LogP contribution in [0.2, 0.25) is 0 Å². The molecule has 1 saturated heterocycles. The van der Waals surface area contributed by atoms with Crippen LogP contribution >= 0.6 is 0 Å². The lowest BCUT2D eigenvalue weighted by Gasteiger charge is -2.21. The van der Waals surface area contributed by atoms with E-state index in [1.54, 1.807) is 13.0 Å². The summed E-state index contributed by atoms with van der Waals surface area (Å²) in [5.74, 6) is -1.15. The molecule has 0 saturated carbocycles. The van der Waals surface area contributed by atoms with E-state index in [-0.39, 0.29) is 24.7 Å². The molecule has 2 aromatic rings. The summed E-state index contributed by atoms with van der Waals surface area (Å²) in [5, 5.41) is 5.21. The minimum atomic E-state index is -0.748. The number of hydrogen-bond acceptors (Lipinski definition) is 3. The summed E-state index contributed by atoms with van der Waals surface area (Å²) >= 11 is 0. The third-order valence-corrected chi connectivity index (χ3v) is 4.49. The van der Waals surface area contributed by atoms with Crippen molar-refractivity contribution in [1.82, 2.24) is 10.2 Å². The van der Waals surface area contributed by atoms with Gasteiger partial charge in [-0.15, -0.1) is 0 Å². The maximum Gasteiger partial charge on any atom is 0.325 e. The zero-order valence-electron chi connectivity index (χ0n) is 14.8. The first-order chi connectivity index (χ1) is 13.0. The molecular weight excluding hydrogens is 349 g/mol. The Morgan fingerprint density at radius 2 is 1.93 bits per heavy atom. The molecule has 7 heteroatoms. The number of benzene rings is 2. The average Bonchev–Trinajstić information content (AvgIpc) is 2.94. The van der Waals surface area contributed by atoms with Crippen molar-refractivity contribution in [2.45, 2.75) is 31.8 Å². The number of imide groups is 1. The molecule has 2 aromatic carbocycles. The normalized spacial score (nSPS) is 17.6. The highest BCUT2D eigenvalue weighted by Gasteiger charge is 2.40. The lowest BCUT2D eigenvalue weighted by molar-refractivity contribution is -0.129. The fraction of sp³-hybridized carbons (Fsp3) is 0.250. The van der Waals surface area contributed by atoms with Gasteiger partial charge in [-0.25, -0.2) is 9.18 Å². The minimum Gasteiger partial charge on any atom is -0.326 e. The number of nitrogens with zero attached hydrogens (tertiary/aromatic N) is 1. The lowest BCUT2D eigenvalue weighted by atomic mass is 10.1. The highest BCUT2D eigenvalue weighted by Crippen LogP contribution is 2.25. The number of anilines is 1. The Labute approximate surface area is 156 Å². The first kappa shape index (κ1) is 18.6. The molecule has 0 bridgehead atoms. The number of amides is 4. The second-order valence-corrected chi connectivity index (χ2v) is 6.39. The maximum absolute atomic E-state index is 13.2. The van der Waals surface area contributed by atoms with E-state index in [2.05, 4.69) is 10.6 Å². The van der Waals surface area contributed by atoms with Gasteiger partial charge in [0, 0.05) is 12.1 Å². The molecule has 0 aliphatic carbocycles. The van der Waals surface area contributed by atoms with Gasteiger partial charge in [0.05, 0.1) is 6.04 Å². The van der Waals surface area contributed by atoms with E-state index < -0.39 is 23.9 Å². The van der Waals surface area contributed by atoms with Gasteiger partial charge in [-0.1, -0.05) is 36.4 Å². The second-order valence-electron chi connectivity index (χ2n) is 6.39. The molecule has 27 heavy (non-hydrogen) atoms. The van der Waals surface area contributed by atoms with Gasteiger partial charge < -0.3 is 10.6 Å². The SMILES string of the molecule is C[C@@H](c1ccccc1)N1C(=O)N[C@@H](CCC(=O)Nc2cccc(F)c2)C1=O. The van der Waals surface area contributed by atoms with Crippen LogP contribution in [0.4, 0.5) is 14.9 Å². The monoisotopic (exact) mass is 369 g/mol. The van der Waals surface area contributed by atoms with E-state index in [0.717, 1.165) is 5.56 Å². The van der Waals surface area contributed by atoms with Crippen LogP contribution in [-0.2, 0) is 9.59 Å². The quantitative estimate of drug-likeness (QED) is 0.768. The van der Waals surface area contributed by atoms with Gasteiger partial charge in [0.1, 0.15) is 11.9 Å². The summed E-state index contributed by atoms with van der Waals surface area (Å²) in [4.78, 5) is 38.1. The van der Waals surface area contributed by atoms with Crippen molar-refractivity contribution in [3.63, 3.8) is 0 Å². The van der Waals surface area contributed by atoms with E-state index in [4.69, 9.17) is 0 Å². The van der Waals surface area contributed by atoms with Crippen LogP contribution in [0.1, 0.15) is 31.4 Å². The standard InChI is InChI=1S/C20H20FN3O3/c1-13(14-6-3-2-4-7-14)24-19(26)17(23-20(24)27)10-11-18(25)22-16-9-5-8-15(21)12-16/h2-9,12-13,17H,10-11H2,1H3,(H,22,25)(H,23,27)/t13-,17-/m0/s1. The number of rotatable bonds is 6. The number of nitrogens with one attached hydrogen (secondary N) is 2. The lowest BCUT2D eigenvalue weighted by Crippen LogP contribution is -2.34. The van der Waals surface area contributed by atoms with Crippen molar-refractivity contribution in [2.24, 2.45) is 0 Å². The molecule has 0 radical (unpaired) electrons. The summed E-state index contributed by atoms with van der Waals surface area (Å²) in [6.07, 6.45) is 0.199. The van der Waals surface area contributed by atoms with Gasteiger partial charge in [0.15, 0.2) is 0 Å². The van der Waals surface area contributed by atoms with E-state index in [0.29, 0.717) is 5.69 Å². The molecule has 2 atom stereocenters. The van der Waals surface area contributed by atoms with Gasteiger partial charge >= 0.3 is 6.03 Å². The molecule has 1 aliphatic rings. The molecule has 0 spiro atoms. The van der Waals surface area contributed by atoms with Gasteiger partial charge in [0.2, 0.25) is 5.91 Å². The maximum atomic E-state index is 13.2. The molecule has 1 fully saturated rings. The van der Waals surface area contributed by atoms with Crippen LogP contribution in [0.15, 0.2) is 54.6 Å². The van der Waals surface area contributed by atoms with Gasteiger partial charge in [-0.3, -0.25) is 14.5 Å². The van der Waals surface area contributed by atoms with E-state index in [1.165, 1.54) is 23.1 Å². The summed E-state index contributed by atoms with van der Waals surface area (Å²) in [6.45, 7) is 1.78. The zero-order chi connectivity index (χ0) is 19.4. The largest absolute Gasteiger partial charge is 0.326 e. The molecule has 4 amide bonds. The molecule has 1 aliphatic heterocycles. The molecule has 1 heterocycles. The van der Waals surface area contributed by atoms with Crippen LogP contribution in [0.3, 0.4) is 0 Å². The van der Waals surface area contributed by atoms with Gasteiger partial charge in [0.25, 0.3) is 5.91 Å². The smallest absolute Gasteiger partial charge is 0.325 e. The summed E-state index contributed by atoms with van der Waals surface area (Å²) in [5.41, 5.74) is 1.20. The highest BCUT2D eigenvalue weighted by molar-refractivity contribution is 6.05. The average molecular weight is 369 g/mol. The fourth-order valence-electron chi connectivity index (χ4n) is 3.06. The van der Waals surface area contributed by atoms with Crippen molar-refractivity contribution in [3.8, 4) is 0 Å². The molecule has 6 nitrogen and oxygen atoms in total. The fourth-order valence-corrected chi connectivity index (χ4v) is 3.06. The van der Waals surface area contributed by atoms with Crippen LogP contribution in [-0.4, -0.2) is 28.8 Å². The Bertz CT molecular complexity index is 857. The highest BCUT2D eigenvalue weighted by atomic mass is 19.1. The van der Waals surface area contributed by atoms with Crippen molar-refractivity contribution in [3.05, 3.63) is 66.0 Å². The third-order valence-electron chi connectivity index (χ3n) is 4.49. The van der Waals surface area contributed by atoms with Crippen molar-refractivity contribution >= 4 is 23.5 Å². The number of hydrogen-bond donors (Lipinski definition) is 2. The molecule has 0 unspecified atom stereocenters. The topological polar surface area (TPSA) is 78.5 Å². The second kappa shape index (κ2) is 7.99. The molecule has 0 aromatic heterocycles. The van der Waals surface area contributed by atoms with E-state index in [1.807, 2.05) is 30.3 Å². The first-order valence-electron chi connectivity index (χ1n) is 8.69. The van der Waals surface area contributed by atoms with E-state index in [9.17, 15) is 18.8 Å². The summed E-state index contributed by atoms with van der Waals surface area (Å²) in [6, 6.07) is 13.2. The molecular formula is C20H20FN3O3. The first-order valence-corrected chi connectivity index (χ1v) is 8.69. The third kappa shape index (κ3) is 4.31. The zero-order valence-corrected chi connectivity index (χ0v) is 14.8. The number of carbonyl (C=O) groups is 3. The van der Waals surface area contributed by atoms with Crippen LogP contribution in [0.5, 0.6) is 0 Å². The van der Waals surface area contributed by atoms with E-state index >= 15 is 0 Å². The Morgan fingerprint density at radius 3 is 2.63 bits per heavy atom. The number of halogens is 1. The predicted octanol–water partition coefficient (Wildman–Crippen LogP) is 3.23. The summed E-state index contributed by atoms with van der Waals surface area (Å²) in [7, 11) is 0. The van der Waals surface area contributed by atoms with Crippen molar-refractivity contribution in [2.75, 3.05) is 5.32 Å². The molecule has 140 valence electrons. The molecule has 2 N–H and O–H groups in total. The van der Waals surface area contributed by atoms with Gasteiger partial charge in [-0.2, -0.15) is 0 Å². The minimum absolute atomic E-state index is 0.0285.